The minimum Gasteiger partial charge on any atom is -0.494 e. The van der Waals surface area contributed by atoms with Gasteiger partial charge in [-0.05, 0) is 30.7 Å². The molecule has 0 N–H and O–H groups in total. The summed E-state index contributed by atoms with van der Waals surface area (Å²) in [6.45, 7) is 2.60. The number of hydrogen-bond donors (Lipinski definition) is 0. The number of hydrogen-bond acceptors (Lipinski definition) is 6. The van der Waals surface area contributed by atoms with Crippen LogP contribution in [-0.2, 0) is 0 Å². The van der Waals surface area contributed by atoms with Gasteiger partial charge in [0.25, 0.3) is 5.69 Å². The molecule has 2 aromatic carbocycles. The normalized spacial score (nSPS) is 15.5. The van der Waals surface area contributed by atoms with Crippen LogP contribution >= 0.6 is 0 Å². The highest BCUT2D eigenvalue weighted by molar-refractivity contribution is 6.38. The number of benzene rings is 2. The molecule has 1 unspecified atom stereocenters. The van der Waals surface area contributed by atoms with Crippen LogP contribution in [0.5, 0.6) is 5.75 Å². The number of Topliss-reactive ketones (excluding diaryl/α,β-unsaturated/α-hetero) is 3. The number of nitro groups is 1. The van der Waals surface area contributed by atoms with Crippen LogP contribution in [0.25, 0.3) is 0 Å². The van der Waals surface area contributed by atoms with Gasteiger partial charge in [-0.3, -0.25) is 24.5 Å². The molecule has 27 heavy (non-hydrogen) atoms. The van der Waals surface area contributed by atoms with Crippen molar-refractivity contribution in [3.63, 3.8) is 0 Å². The molecular weight excluding hydrogens is 350 g/mol. The lowest BCUT2D eigenvalue weighted by molar-refractivity contribution is -0.385. The quantitative estimate of drug-likeness (QED) is 0.243. The van der Waals surface area contributed by atoms with Gasteiger partial charge in [0.1, 0.15) is 17.2 Å². The number of fused-ring (bicyclic) bond motifs is 1. The van der Waals surface area contributed by atoms with Gasteiger partial charge < -0.3 is 4.74 Å². The van der Waals surface area contributed by atoms with Crippen LogP contribution in [0.15, 0.2) is 42.5 Å². The summed E-state index contributed by atoms with van der Waals surface area (Å²) in [7, 11) is 0. The van der Waals surface area contributed by atoms with Crippen molar-refractivity contribution in [3.05, 3.63) is 69.3 Å². The van der Waals surface area contributed by atoms with E-state index >= 15 is 0 Å². The summed E-state index contributed by atoms with van der Waals surface area (Å²) < 4.78 is 5.52. The number of ketones is 3. The molecule has 3 rings (SSSR count). The molecule has 0 aromatic heterocycles. The van der Waals surface area contributed by atoms with Gasteiger partial charge in [-0.15, -0.1) is 0 Å². The van der Waals surface area contributed by atoms with E-state index in [0.29, 0.717) is 12.4 Å². The molecule has 138 valence electrons. The third-order valence-corrected chi connectivity index (χ3v) is 4.44. The Kier molecular flexibility index (Phi) is 5.12. The molecule has 0 spiro atoms. The maximum absolute atomic E-state index is 12.7. The second-order valence-electron chi connectivity index (χ2n) is 6.21. The minimum absolute atomic E-state index is 0.0768. The first kappa shape index (κ1) is 18.4. The summed E-state index contributed by atoms with van der Waals surface area (Å²) in [6.07, 6.45) is 1.90. The van der Waals surface area contributed by atoms with Gasteiger partial charge in [0.05, 0.1) is 11.5 Å². The maximum Gasteiger partial charge on any atom is 0.280 e. The molecule has 2 aromatic rings. The number of carbonyl (C=O) groups excluding carboxylic acids is 3. The van der Waals surface area contributed by atoms with E-state index in [1.807, 2.05) is 6.92 Å². The summed E-state index contributed by atoms with van der Waals surface area (Å²) in [5.41, 5.74) is -0.640. The summed E-state index contributed by atoms with van der Waals surface area (Å²) >= 11 is 0. The fourth-order valence-electron chi connectivity index (χ4n) is 3.03. The monoisotopic (exact) mass is 367 g/mol. The SMILES string of the molecule is CCCCOc1ccc(C(=O)C2C(=O)c3cccc([N+](=O)[O-])c3C2=O)cc1. The smallest absolute Gasteiger partial charge is 0.280 e. The van der Waals surface area contributed by atoms with Crippen molar-refractivity contribution in [2.75, 3.05) is 6.61 Å². The third kappa shape index (κ3) is 3.36. The average molecular weight is 367 g/mol. The third-order valence-electron chi connectivity index (χ3n) is 4.44. The lowest BCUT2D eigenvalue weighted by atomic mass is 9.93. The standard InChI is InChI=1S/C20H17NO6/c1-2-3-11-27-13-9-7-12(8-10-13)18(22)17-19(23)14-5-4-6-15(21(25)26)16(14)20(17)24/h4-10,17H,2-3,11H2,1H3. The van der Waals surface area contributed by atoms with E-state index in [0.717, 1.165) is 18.9 Å². The number of ether oxygens (including phenoxy) is 1. The molecule has 1 aliphatic rings. The first-order valence-corrected chi connectivity index (χ1v) is 8.58. The van der Waals surface area contributed by atoms with Crippen molar-refractivity contribution >= 4 is 23.0 Å². The van der Waals surface area contributed by atoms with Crippen molar-refractivity contribution in [1.82, 2.24) is 0 Å². The van der Waals surface area contributed by atoms with Gasteiger partial charge in [-0.2, -0.15) is 0 Å². The molecule has 0 amide bonds. The highest BCUT2D eigenvalue weighted by Crippen LogP contribution is 2.35. The molecule has 0 aliphatic heterocycles. The van der Waals surface area contributed by atoms with Gasteiger partial charge in [0, 0.05) is 17.2 Å². The molecular formula is C20H17NO6. The van der Waals surface area contributed by atoms with E-state index < -0.39 is 33.9 Å². The van der Waals surface area contributed by atoms with Crippen molar-refractivity contribution in [2.24, 2.45) is 5.92 Å². The summed E-state index contributed by atoms with van der Waals surface area (Å²) in [4.78, 5) is 48.3. The zero-order valence-corrected chi connectivity index (χ0v) is 14.6. The van der Waals surface area contributed by atoms with Crippen LogP contribution in [0.2, 0.25) is 0 Å². The van der Waals surface area contributed by atoms with Gasteiger partial charge in [-0.25, -0.2) is 0 Å². The molecule has 0 heterocycles. The fraction of sp³-hybridized carbons (Fsp3) is 0.250. The predicted molar refractivity (Wildman–Crippen MR) is 96.4 cm³/mol. The minimum atomic E-state index is -1.58. The van der Waals surface area contributed by atoms with E-state index in [2.05, 4.69) is 0 Å². The van der Waals surface area contributed by atoms with Gasteiger partial charge in [0.15, 0.2) is 17.3 Å². The van der Waals surface area contributed by atoms with E-state index in [-0.39, 0.29) is 16.7 Å². The molecule has 0 bridgehead atoms. The van der Waals surface area contributed by atoms with Crippen LogP contribution in [0, 0.1) is 16.0 Å². The van der Waals surface area contributed by atoms with Crippen molar-refractivity contribution in [2.45, 2.75) is 19.8 Å². The van der Waals surface area contributed by atoms with E-state index in [9.17, 15) is 24.5 Å². The summed E-state index contributed by atoms with van der Waals surface area (Å²) in [5.74, 6) is -3.19. The van der Waals surface area contributed by atoms with Gasteiger partial charge in [0.2, 0.25) is 0 Å². The Hall–Kier alpha value is -3.35. The molecule has 7 nitrogen and oxygen atoms in total. The first-order chi connectivity index (χ1) is 13.0. The summed E-state index contributed by atoms with van der Waals surface area (Å²) in [6, 6.07) is 9.99. The molecule has 0 fully saturated rings. The highest BCUT2D eigenvalue weighted by Gasteiger charge is 2.47. The molecule has 0 radical (unpaired) electrons. The van der Waals surface area contributed by atoms with Gasteiger partial charge in [-0.1, -0.05) is 25.5 Å². The second-order valence-corrected chi connectivity index (χ2v) is 6.21. The Morgan fingerprint density at radius 2 is 1.81 bits per heavy atom. The van der Waals surface area contributed by atoms with E-state index in [4.69, 9.17) is 4.74 Å². The molecule has 1 aliphatic carbocycles. The Bertz CT molecular complexity index is 932. The molecule has 0 saturated heterocycles. The van der Waals surface area contributed by atoms with Crippen LogP contribution in [-0.4, -0.2) is 28.9 Å². The van der Waals surface area contributed by atoms with Crippen LogP contribution in [0.1, 0.15) is 50.8 Å². The second kappa shape index (κ2) is 7.49. The molecule has 7 heteroatoms. The maximum atomic E-state index is 12.7. The zero-order valence-electron chi connectivity index (χ0n) is 14.6. The average Bonchev–Trinajstić information content (AvgIpc) is 2.92. The van der Waals surface area contributed by atoms with Gasteiger partial charge >= 0.3 is 0 Å². The molecule has 1 atom stereocenters. The zero-order chi connectivity index (χ0) is 19.6. The molecule has 0 saturated carbocycles. The Morgan fingerprint density at radius 3 is 2.44 bits per heavy atom. The van der Waals surface area contributed by atoms with Crippen LogP contribution in [0.3, 0.4) is 0 Å². The number of rotatable bonds is 7. The number of unbranched alkanes of at least 4 members (excludes halogenated alkanes) is 1. The van der Waals surface area contributed by atoms with Crippen LogP contribution in [0.4, 0.5) is 5.69 Å². The Labute approximate surface area is 155 Å². The predicted octanol–water partition coefficient (Wildman–Crippen LogP) is 3.65. The topological polar surface area (TPSA) is 104 Å². The largest absolute Gasteiger partial charge is 0.494 e. The van der Waals surface area contributed by atoms with Crippen molar-refractivity contribution in [3.8, 4) is 5.75 Å². The Morgan fingerprint density at radius 1 is 1.11 bits per heavy atom. The fourth-order valence-corrected chi connectivity index (χ4v) is 3.03. The van der Waals surface area contributed by atoms with Crippen LogP contribution < -0.4 is 4.74 Å². The lowest BCUT2D eigenvalue weighted by Gasteiger charge is -2.08. The number of nitro benzene ring substituents is 1. The number of carbonyl (C=O) groups is 3. The Balaban J connectivity index is 1.86. The lowest BCUT2D eigenvalue weighted by Crippen LogP contribution is -2.25. The van der Waals surface area contributed by atoms with Crippen molar-refractivity contribution in [1.29, 1.82) is 0 Å². The van der Waals surface area contributed by atoms with E-state index in [1.54, 1.807) is 12.1 Å². The van der Waals surface area contributed by atoms with E-state index in [1.165, 1.54) is 24.3 Å². The summed E-state index contributed by atoms with van der Waals surface area (Å²) in [5, 5.41) is 11.1. The highest BCUT2D eigenvalue weighted by atomic mass is 16.6. The number of nitrogens with zero attached hydrogens (tertiary/aromatic N) is 1. The first-order valence-electron chi connectivity index (χ1n) is 8.58. The van der Waals surface area contributed by atoms with Crippen molar-refractivity contribution < 1.29 is 24.0 Å².